The monoisotopic (exact) mass is 239 g/mol. The molecule has 0 heterocycles. The molecule has 96 valence electrons. The molecule has 2 rings (SSSR count). The van der Waals surface area contributed by atoms with Crippen molar-refractivity contribution in [3.8, 4) is 0 Å². The molecule has 0 aromatic rings. The van der Waals surface area contributed by atoms with Gasteiger partial charge in [0.1, 0.15) is 6.04 Å². The van der Waals surface area contributed by atoms with Gasteiger partial charge in [0.15, 0.2) is 0 Å². The molecule has 3 atom stereocenters. The van der Waals surface area contributed by atoms with E-state index in [0.29, 0.717) is 6.42 Å². The lowest BCUT2D eigenvalue weighted by atomic mass is 10.00. The summed E-state index contributed by atoms with van der Waals surface area (Å²) < 4.78 is 0. The van der Waals surface area contributed by atoms with Gasteiger partial charge in [0.05, 0.1) is 0 Å². The van der Waals surface area contributed by atoms with E-state index in [1.165, 1.54) is 6.42 Å². The molecule has 0 radical (unpaired) electrons. The lowest BCUT2D eigenvalue weighted by molar-refractivity contribution is -0.143. The van der Waals surface area contributed by atoms with Crippen LogP contribution in [0.5, 0.6) is 0 Å². The van der Waals surface area contributed by atoms with Gasteiger partial charge >= 0.3 is 5.97 Å². The maximum atomic E-state index is 11.9. The Kier molecular flexibility index (Phi) is 3.40. The topological polar surface area (TPSA) is 66.4 Å². The number of amides is 1. The van der Waals surface area contributed by atoms with Crippen LogP contribution < -0.4 is 5.32 Å². The summed E-state index contributed by atoms with van der Waals surface area (Å²) in [5, 5.41) is 11.8. The first kappa shape index (κ1) is 12.4. The SMILES string of the molecule is CC(C)C[C@@H](NC(=O)C1CC2CC2C1)C(=O)O. The van der Waals surface area contributed by atoms with Crippen molar-refractivity contribution < 1.29 is 14.7 Å². The predicted octanol–water partition coefficient (Wildman–Crippen LogP) is 1.65. The van der Waals surface area contributed by atoms with Crippen molar-refractivity contribution in [3.05, 3.63) is 0 Å². The van der Waals surface area contributed by atoms with E-state index in [2.05, 4.69) is 5.32 Å². The number of aliphatic carboxylic acids is 1. The molecule has 2 N–H and O–H groups in total. The van der Waals surface area contributed by atoms with Crippen molar-refractivity contribution in [1.29, 1.82) is 0 Å². The molecule has 0 bridgehead atoms. The number of carboxylic acids is 1. The highest BCUT2D eigenvalue weighted by Gasteiger charge is 2.48. The van der Waals surface area contributed by atoms with E-state index < -0.39 is 12.0 Å². The molecular weight excluding hydrogens is 218 g/mol. The van der Waals surface area contributed by atoms with Crippen molar-refractivity contribution in [2.24, 2.45) is 23.7 Å². The molecule has 17 heavy (non-hydrogen) atoms. The van der Waals surface area contributed by atoms with Crippen LogP contribution in [0.4, 0.5) is 0 Å². The molecule has 4 nitrogen and oxygen atoms in total. The zero-order chi connectivity index (χ0) is 12.6. The van der Waals surface area contributed by atoms with Crippen LogP contribution >= 0.6 is 0 Å². The quantitative estimate of drug-likeness (QED) is 0.766. The highest BCUT2D eigenvalue weighted by Crippen LogP contribution is 2.54. The summed E-state index contributed by atoms with van der Waals surface area (Å²) in [5.41, 5.74) is 0. The fraction of sp³-hybridized carbons (Fsp3) is 0.846. The van der Waals surface area contributed by atoms with Crippen LogP contribution in [0.3, 0.4) is 0 Å². The van der Waals surface area contributed by atoms with Crippen LogP contribution in [0.2, 0.25) is 0 Å². The molecule has 2 saturated carbocycles. The van der Waals surface area contributed by atoms with Crippen LogP contribution in [0.25, 0.3) is 0 Å². The van der Waals surface area contributed by atoms with Gasteiger partial charge in [-0.15, -0.1) is 0 Å². The van der Waals surface area contributed by atoms with Crippen LogP contribution in [0.1, 0.15) is 39.5 Å². The standard InChI is InChI=1S/C13H21NO3/c1-7(2)3-11(13(16)17)14-12(15)10-5-8-4-9(8)6-10/h7-11H,3-6H2,1-2H3,(H,14,15)(H,16,17)/t8?,9?,10?,11-/m1/s1. The maximum absolute atomic E-state index is 11.9. The van der Waals surface area contributed by atoms with Gasteiger partial charge in [-0.1, -0.05) is 13.8 Å². The number of carboxylic acid groups (broad SMARTS) is 1. The Hall–Kier alpha value is -1.06. The maximum Gasteiger partial charge on any atom is 0.326 e. The van der Waals surface area contributed by atoms with Gasteiger partial charge in [0.25, 0.3) is 0 Å². The summed E-state index contributed by atoms with van der Waals surface area (Å²) in [6, 6.07) is -0.723. The van der Waals surface area contributed by atoms with Crippen molar-refractivity contribution in [3.63, 3.8) is 0 Å². The van der Waals surface area contributed by atoms with Crippen LogP contribution in [-0.4, -0.2) is 23.0 Å². The number of fused-ring (bicyclic) bond motifs is 1. The molecule has 2 unspecified atom stereocenters. The first-order valence-corrected chi connectivity index (χ1v) is 6.50. The number of nitrogens with one attached hydrogen (secondary N) is 1. The zero-order valence-corrected chi connectivity index (χ0v) is 10.5. The number of hydrogen-bond acceptors (Lipinski definition) is 2. The highest BCUT2D eigenvalue weighted by atomic mass is 16.4. The minimum atomic E-state index is -0.921. The molecule has 0 aromatic carbocycles. The fourth-order valence-electron chi connectivity index (χ4n) is 2.91. The summed E-state index contributed by atoms with van der Waals surface area (Å²) >= 11 is 0. The Bertz CT molecular complexity index is 317. The first-order valence-electron chi connectivity index (χ1n) is 6.50. The highest BCUT2D eigenvalue weighted by molar-refractivity contribution is 5.85. The summed E-state index contributed by atoms with van der Waals surface area (Å²) in [5.74, 6) is 0.861. The third kappa shape index (κ3) is 2.99. The molecule has 2 aliphatic rings. The number of carbonyl (C=O) groups excluding carboxylic acids is 1. The largest absolute Gasteiger partial charge is 0.480 e. The Morgan fingerprint density at radius 2 is 1.82 bits per heavy atom. The van der Waals surface area contributed by atoms with Gasteiger partial charge in [-0.25, -0.2) is 4.79 Å². The third-order valence-corrected chi connectivity index (χ3v) is 3.94. The number of rotatable bonds is 5. The van der Waals surface area contributed by atoms with E-state index in [1.807, 2.05) is 13.8 Å². The predicted molar refractivity (Wildman–Crippen MR) is 63.3 cm³/mol. The summed E-state index contributed by atoms with van der Waals surface area (Å²) in [6.07, 6.45) is 3.70. The second-order valence-corrected chi connectivity index (χ2v) is 5.95. The van der Waals surface area contributed by atoms with Gasteiger partial charge in [0, 0.05) is 5.92 Å². The van der Waals surface area contributed by atoms with E-state index in [9.17, 15) is 9.59 Å². The average Bonchev–Trinajstić information content (AvgIpc) is 2.84. The molecular formula is C13H21NO3. The number of hydrogen-bond donors (Lipinski definition) is 2. The molecule has 2 fully saturated rings. The summed E-state index contributed by atoms with van der Waals surface area (Å²) in [4.78, 5) is 23.0. The average molecular weight is 239 g/mol. The lowest BCUT2D eigenvalue weighted by Gasteiger charge is -2.19. The Labute approximate surface area is 102 Å². The minimum Gasteiger partial charge on any atom is -0.480 e. The normalized spacial score (nSPS) is 32.1. The second-order valence-electron chi connectivity index (χ2n) is 5.95. The van der Waals surface area contributed by atoms with Gasteiger partial charge in [-0.3, -0.25) is 4.79 Å². The molecule has 4 heteroatoms. The zero-order valence-electron chi connectivity index (χ0n) is 10.5. The van der Waals surface area contributed by atoms with Crippen molar-refractivity contribution in [2.75, 3.05) is 0 Å². The van der Waals surface area contributed by atoms with E-state index in [1.54, 1.807) is 0 Å². The Morgan fingerprint density at radius 1 is 1.24 bits per heavy atom. The first-order chi connectivity index (χ1) is 7.97. The van der Waals surface area contributed by atoms with Crippen LogP contribution in [-0.2, 0) is 9.59 Å². The van der Waals surface area contributed by atoms with E-state index in [4.69, 9.17) is 5.11 Å². The molecule has 0 spiro atoms. The van der Waals surface area contributed by atoms with E-state index >= 15 is 0 Å². The van der Waals surface area contributed by atoms with Gasteiger partial charge in [-0.2, -0.15) is 0 Å². The molecule has 1 amide bonds. The lowest BCUT2D eigenvalue weighted by Crippen LogP contribution is -2.44. The van der Waals surface area contributed by atoms with Gasteiger partial charge in [0.2, 0.25) is 5.91 Å². The van der Waals surface area contributed by atoms with Crippen LogP contribution in [0.15, 0.2) is 0 Å². The fourth-order valence-corrected chi connectivity index (χ4v) is 2.91. The second kappa shape index (κ2) is 4.67. The Balaban J connectivity index is 1.84. The molecule has 2 aliphatic carbocycles. The van der Waals surface area contributed by atoms with Gasteiger partial charge in [-0.05, 0) is 43.4 Å². The van der Waals surface area contributed by atoms with Crippen molar-refractivity contribution in [2.45, 2.75) is 45.6 Å². The molecule has 0 aromatic heterocycles. The van der Waals surface area contributed by atoms with Crippen LogP contribution in [0, 0.1) is 23.7 Å². The van der Waals surface area contributed by atoms with Crippen molar-refractivity contribution >= 4 is 11.9 Å². The third-order valence-electron chi connectivity index (χ3n) is 3.94. The summed E-state index contributed by atoms with van der Waals surface area (Å²) in [7, 11) is 0. The molecule has 0 aliphatic heterocycles. The van der Waals surface area contributed by atoms with Gasteiger partial charge < -0.3 is 10.4 Å². The van der Waals surface area contributed by atoms with Crippen molar-refractivity contribution in [1.82, 2.24) is 5.32 Å². The smallest absolute Gasteiger partial charge is 0.326 e. The minimum absolute atomic E-state index is 0.0507. The van der Waals surface area contributed by atoms with E-state index in [0.717, 1.165) is 24.7 Å². The molecule has 0 saturated heterocycles. The summed E-state index contributed by atoms with van der Waals surface area (Å²) in [6.45, 7) is 3.93. The number of carbonyl (C=O) groups is 2. The van der Waals surface area contributed by atoms with E-state index in [-0.39, 0.29) is 17.7 Å². The Morgan fingerprint density at radius 3 is 2.29 bits per heavy atom.